The van der Waals surface area contributed by atoms with Gasteiger partial charge in [0.15, 0.2) is 0 Å². The molecule has 0 spiro atoms. The van der Waals surface area contributed by atoms with Gasteiger partial charge in [0.25, 0.3) is 0 Å². The van der Waals surface area contributed by atoms with Crippen LogP contribution in [0.25, 0.3) is 0 Å². The summed E-state index contributed by atoms with van der Waals surface area (Å²) in [5, 5.41) is 3.76. The predicted octanol–water partition coefficient (Wildman–Crippen LogP) is 2.59. The van der Waals surface area contributed by atoms with Crippen LogP contribution in [-0.2, 0) is 23.2 Å². The summed E-state index contributed by atoms with van der Waals surface area (Å²) in [7, 11) is -2.78. The summed E-state index contributed by atoms with van der Waals surface area (Å²) >= 11 is 6.01. The van der Waals surface area contributed by atoms with Gasteiger partial charge < -0.3 is 0 Å². The van der Waals surface area contributed by atoms with E-state index in [0.29, 0.717) is 9.59 Å². The van der Waals surface area contributed by atoms with E-state index in [2.05, 4.69) is 5.10 Å². The van der Waals surface area contributed by atoms with E-state index in [1.807, 2.05) is 0 Å². The maximum atomic E-state index is 12.9. The van der Waals surface area contributed by atoms with Crippen LogP contribution in [0.4, 0.5) is 13.2 Å². The Morgan fingerprint density at radius 3 is 2.32 bits per heavy atom. The molecular weight excluding hydrogens is 421 g/mol. The molecule has 0 atom stereocenters. The molecule has 12 heteroatoms. The van der Waals surface area contributed by atoms with E-state index < -0.39 is 33.8 Å². The van der Waals surface area contributed by atoms with Crippen molar-refractivity contribution in [3.05, 3.63) is 45.1 Å². The van der Waals surface area contributed by atoms with E-state index in [9.17, 15) is 26.4 Å². The van der Waals surface area contributed by atoms with Gasteiger partial charge in [-0.05, 0) is 37.5 Å². The van der Waals surface area contributed by atoms with Crippen LogP contribution >= 0.6 is 11.6 Å². The van der Waals surface area contributed by atoms with Crippen molar-refractivity contribution in [2.75, 3.05) is 13.1 Å². The average molecular weight is 439 g/mol. The molecule has 3 rings (SSSR count). The maximum absolute atomic E-state index is 12.9. The van der Waals surface area contributed by atoms with Crippen LogP contribution in [0.3, 0.4) is 0 Å². The van der Waals surface area contributed by atoms with Gasteiger partial charge in [0, 0.05) is 25.2 Å². The van der Waals surface area contributed by atoms with Gasteiger partial charge in [0.1, 0.15) is 0 Å². The second-order valence-electron chi connectivity index (χ2n) is 6.65. The summed E-state index contributed by atoms with van der Waals surface area (Å²) in [6, 6.07) is 3.83. The van der Waals surface area contributed by atoms with Crippen LogP contribution in [0.5, 0.6) is 0 Å². The van der Waals surface area contributed by atoms with Crippen LogP contribution < -0.4 is 5.69 Å². The summed E-state index contributed by atoms with van der Waals surface area (Å²) in [5.41, 5.74) is -0.131. The molecule has 154 valence electrons. The van der Waals surface area contributed by atoms with Gasteiger partial charge in [-0.1, -0.05) is 17.7 Å². The number of nitrogens with zero attached hydrogens (tertiary/aromatic N) is 4. The molecule has 1 fully saturated rings. The van der Waals surface area contributed by atoms with Gasteiger partial charge in [-0.2, -0.15) is 17.5 Å². The van der Waals surface area contributed by atoms with Gasteiger partial charge in [-0.25, -0.2) is 17.9 Å². The van der Waals surface area contributed by atoms with Crippen molar-refractivity contribution in [1.29, 1.82) is 0 Å². The monoisotopic (exact) mass is 438 g/mol. The van der Waals surface area contributed by atoms with Crippen molar-refractivity contribution < 1.29 is 21.6 Å². The van der Waals surface area contributed by atoms with E-state index in [1.54, 1.807) is 13.0 Å². The molecule has 1 aliphatic rings. The summed E-state index contributed by atoms with van der Waals surface area (Å²) in [5.74, 6) is -1.28. The number of hydrogen-bond donors (Lipinski definition) is 0. The molecule has 1 aromatic carbocycles. The molecule has 1 aromatic heterocycles. The van der Waals surface area contributed by atoms with Crippen molar-refractivity contribution >= 4 is 21.6 Å². The fourth-order valence-corrected chi connectivity index (χ4v) is 4.89. The lowest BCUT2D eigenvalue weighted by Gasteiger charge is -2.30. The summed E-state index contributed by atoms with van der Waals surface area (Å²) in [4.78, 5) is 12.2. The lowest BCUT2D eigenvalue weighted by molar-refractivity contribution is -0.147. The topological polar surface area (TPSA) is 77.2 Å². The molecule has 0 radical (unpaired) electrons. The normalized spacial score (nSPS) is 17.2. The second-order valence-corrected chi connectivity index (χ2v) is 9.00. The highest BCUT2D eigenvalue weighted by Crippen LogP contribution is 2.30. The molecule has 1 aliphatic heterocycles. The Morgan fingerprint density at radius 1 is 1.21 bits per heavy atom. The molecule has 0 bridgehead atoms. The SMILES string of the molecule is Cc1ccc(S(=O)(=O)N2CCC(n3nc(C(F)(F)F)n(C)c3=O)CC2)cc1Cl. The van der Waals surface area contributed by atoms with Crippen molar-refractivity contribution in [3.8, 4) is 0 Å². The fraction of sp³-hybridized carbons (Fsp3) is 0.500. The van der Waals surface area contributed by atoms with E-state index in [1.165, 1.54) is 16.4 Å². The molecule has 1 saturated heterocycles. The first-order chi connectivity index (χ1) is 12.9. The zero-order valence-electron chi connectivity index (χ0n) is 15.1. The minimum Gasteiger partial charge on any atom is -0.274 e. The van der Waals surface area contributed by atoms with Crippen molar-refractivity contribution in [2.24, 2.45) is 7.05 Å². The Hall–Kier alpha value is -1.85. The molecule has 0 N–H and O–H groups in total. The van der Waals surface area contributed by atoms with Crippen molar-refractivity contribution in [3.63, 3.8) is 0 Å². The number of hydrogen-bond acceptors (Lipinski definition) is 4. The van der Waals surface area contributed by atoms with Gasteiger partial charge in [-0.3, -0.25) is 4.57 Å². The number of piperidine rings is 1. The Morgan fingerprint density at radius 2 is 1.82 bits per heavy atom. The molecule has 2 heterocycles. The van der Waals surface area contributed by atoms with Crippen LogP contribution in [0.1, 0.15) is 30.3 Å². The molecule has 0 aliphatic carbocycles. The predicted molar refractivity (Wildman–Crippen MR) is 95.7 cm³/mol. The van der Waals surface area contributed by atoms with Crippen LogP contribution in [-0.4, -0.2) is 40.2 Å². The zero-order chi connectivity index (χ0) is 20.9. The average Bonchev–Trinajstić information content (AvgIpc) is 2.93. The molecule has 7 nitrogen and oxygen atoms in total. The third kappa shape index (κ3) is 3.70. The van der Waals surface area contributed by atoms with E-state index in [-0.39, 0.29) is 30.8 Å². The minimum absolute atomic E-state index is 0.0518. The summed E-state index contributed by atoms with van der Waals surface area (Å²) in [6.07, 6.45) is -4.39. The Bertz CT molecular complexity index is 1050. The third-order valence-electron chi connectivity index (χ3n) is 4.81. The van der Waals surface area contributed by atoms with Crippen LogP contribution in [0, 0.1) is 6.92 Å². The molecule has 0 saturated carbocycles. The molecule has 0 amide bonds. The van der Waals surface area contributed by atoms with Gasteiger partial charge >= 0.3 is 11.9 Å². The molecular formula is C16H18ClF3N4O3S. The highest BCUT2D eigenvalue weighted by atomic mass is 35.5. The largest absolute Gasteiger partial charge is 0.451 e. The number of alkyl halides is 3. The highest BCUT2D eigenvalue weighted by Gasteiger charge is 2.39. The minimum atomic E-state index is -4.74. The quantitative estimate of drug-likeness (QED) is 0.738. The summed E-state index contributed by atoms with van der Waals surface area (Å²) in [6.45, 7) is 1.87. The van der Waals surface area contributed by atoms with E-state index in [4.69, 9.17) is 11.6 Å². The first-order valence-corrected chi connectivity index (χ1v) is 10.2. The standard InChI is InChI=1S/C16H18ClF3N4O3S/c1-10-3-4-12(9-13(10)17)28(26,27)23-7-5-11(6-8-23)24-15(25)22(2)14(21-24)16(18,19)20/h3-4,9,11H,5-8H2,1-2H3. The number of sulfonamides is 1. The third-order valence-corrected chi connectivity index (χ3v) is 7.11. The lowest BCUT2D eigenvalue weighted by atomic mass is 10.1. The molecule has 0 unspecified atom stereocenters. The van der Waals surface area contributed by atoms with Gasteiger partial charge in [0.05, 0.1) is 10.9 Å². The number of halogens is 4. The second kappa shape index (κ2) is 7.20. The Kier molecular flexibility index (Phi) is 5.36. The summed E-state index contributed by atoms with van der Waals surface area (Å²) < 4.78 is 66.9. The molecule has 2 aromatic rings. The Balaban J connectivity index is 1.80. The fourth-order valence-electron chi connectivity index (χ4n) is 3.15. The maximum Gasteiger partial charge on any atom is 0.451 e. The first kappa shape index (κ1) is 20.9. The first-order valence-electron chi connectivity index (χ1n) is 8.42. The number of aromatic nitrogens is 3. The van der Waals surface area contributed by atoms with Gasteiger partial charge in [-0.15, -0.1) is 5.10 Å². The number of rotatable bonds is 3. The van der Waals surface area contributed by atoms with Crippen LogP contribution in [0.2, 0.25) is 5.02 Å². The van der Waals surface area contributed by atoms with E-state index >= 15 is 0 Å². The smallest absolute Gasteiger partial charge is 0.274 e. The van der Waals surface area contributed by atoms with Crippen molar-refractivity contribution in [1.82, 2.24) is 18.7 Å². The lowest BCUT2D eigenvalue weighted by Crippen LogP contribution is -2.41. The number of aryl methyl sites for hydroxylation is 1. The van der Waals surface area contributed by atoms with E-state index in [0.717, 1.165) is 17.3 Å². The Labute approximate surface area is 164 Å². The van der Waals surface area contributed by atoms with Gasteiger partial charge in [0.2, 0.25) is 15.8 Å². The van der Waals surface area contributed by atoms with Crippen molar-refractivity contribution in [2.45, 2.75) is 36.9 Å². The van der Waals surface area contributed by atoms with Crippen LogP contribution in [0.15, 0.2) is 27.9 Å². The number of benzene rings is 1. The zero-order valence-corrected chi connectivity index (χ0v) is 16.6. The highest BCUT2D eigenvalue weighted by molar-refractivity contribution is 7.89. The molecule has 28 heavy (non-hydrogen) atoms.